The van der Waals surface area contributed by atoms with Gasteiger partial charge in [0.2, 0.25) is 5.91 Å². The number of phenols is 1. The minimum absolute atomic E-state index is 0.117. The van der Waals surface area contributed by atoms with Gasteiger partial charge in [-0.05, 0) is 31.0 Å². The Hall–Kier alpha value is -2.30. The van der Waals surface area contributed by atoms with E-state index in [1.54, 1.807) is 25.1 Å². The van der Waals surface area contributed by atoms with Crippen LogP contribution in [0, 0.1) is 0 Å². The van der Waals surface area contributed by atoms with Crippen LogP contribution >= 0.6 is 0 Å². The Kier molecular flexibility index (Phi) is 5.77. The zero-order valence-electron chi connectivity index (χ0n) is 11.6. The van der Waals surface area contributed by atoms with Crippen LogP contribution < -0.4 is 5.32 Å². The number of allylic oxidation sites excluding steroid dienone is 1. The van der Waals surface area contributed by atoms with E-state index in [2.05, 4.69) is 5.32 Å². The fourth-order valence-electron chi connectivity index (χ4n) is 1.74. The molecule has 5 nitrogen and oxygen atoms in total. The standard InChI is InChI=1S/C15H19NO4/c1-3-4-10(2)14(18)16-13(15(19)20)9-11-5-7-12(17)8-6-11/h4-8,13,17H,3,9H2,1-2H3,(H,16,18)(H,19,20)/b10-4+. The summed E-state index contributed by atoms with van der Waals surface area (Å²) in [6.45, 7) is 3.56. The van der Waals surface area contributed by atoms with Crippen molar-refractivity contribution in [3.05, 3.63) is 41.5 Å². The van der Waals surface area contributed by atoms with Gasteiger partial charge in [-0.25, -0.2) is 4.79 Å². The van der Waals surface area contributed by atoms with Crippen molar-refractivity contribution in [2.45, 2.75) is 32.7 Å². The molecule has 0 aliphatic carbocycles. The van der Waals surface area contributed by atoms with Crippen LogP contribution in [0.2, 0.25) is 0 Å². The molecule has 3 N–H and O–H groups in total. The summed E-state index contributed by atoms with van der Waals surface area (Å²) in [5, 5.41) is 20.8. The summed E-state index contributed by atoms with van der Waals surface area (Å²) in [7, 11) is 0. The number of rotatable bonds is 6. The number of nitrogens with one attached hydrogen (secondary N) is 1. The maximum Gasteiger partial charge on any atom is 0.326 e. The molecule has 1 unspecified atom stereocenters. The van der Waals surface area contributed by atoms with Crippen molar-refractivity contribution in [2.24, 2.45) is 0 Å². The summed E-state index contributed by atoms with van der Waals surface area (Å²) >= 11 is 0. The third-order valence-electron chi connectivity index (χ3n) is 2.85. The van der Waals surface area contributed by atoms with Crippen LogP contribution in [0.4, 0.5) is 0 Å². The molecule has 0 heterocycles. The Labute approximate surface area is 117 Å². The number of amides is 1. The molecule has 0 aliphatic heterocycles. The Bertz CT molecular complexity index is 505. The van der Waals surface area contributed by atoms with Crippen LogP contribution in [0.1, 0.15) is 25.8 Å². The number of hydrogen-bond donors (Lipinski definition) is 3. The molecule has 0 saturated heterocycles. The predicted molar refractivity (Wildman–Crippen MR) is 75.4 cm³/mol. The Balaban J connectivity index is 2.75. The first-order chi connectivity index (χ1) is 9.43. The maximum atomic E-state index is 11.8. The lowest BCUT2D eigenvalue weighted by Gasteiger charge is -2.15. The lowest BCUT2D eigenvalue weighted by Crippen LogP contribution is -2.42. The minimum atomic E-state index is -1.09. The molecule has 1 atom stereocenters. The summed E-state index contributed by atoms with van der Waals surface area (Å²) in [4.78, 5) is 23.0. The molecule has 1 aromatic carbocycles. The monoisotopic (exact) mass is 277 g/mol. The van der Waals surface area contributed by atoms with E-state index in [0.717, 1.165) is 12.0 Å². The number of phenolic OH excluding ortho intramolecular Hbond substituents is 1. The van der Waals surface area contributed by atoms with E-state index < -0.39 is 12.0 Å². The molecule has 0 radical (unpaired) electrons. The normalized spacial score (nSPS) is 12.8. The highest BCUT2D eigenvalue weighted by molar-refractivity contribution is 5.95. The van der Waals surface area contributed by atoms with Gasteiger partial charge in [0.05, 0.1) is 0 Å². The second-order valence-corrected chi connectivity index (χ2v) is 4.53. The van der Waals surface area contributed by atoms with Crippen LogP contribution in [0.25, 0.3) is 0 Å². The van der Waals surface area contributed by atoms with Gasteiger partial charge in [0.1, 0.15) is 11.8 Å². The SMILES string of the molecule is CC/C=C(\C)C(=O)NC(Cc1ccc(O)cc1)C(=O)O. The Morgan fingerprint density at radius 1 is 1.30 bits per heavy atom. The predicted octanol–water partition coefficient (Wildman–Crippen LogP) is 1.86. The number of hydrogen-bond acceptors (Lipinski definition) is 3. The second kappa shape index (κ2) is 7.33. The molecular formula is C15H19NO4. The first-order valence-electron chi connectivity index (χ1n) is 6.42. The van der Waals surface area contributed by atoms with Crippen LogP contribution in [-0.2, 0) is 16.0 Å². The molecule has 0 spiro atoms. The summed E-state index contributed by atoms with van der Waals surface area (Å²) in [5.74, 6) is -1.35. The quantitative estimate of drug-likeness (QED) is 0.693. The molecule has 1 rings (SSSR count). The molecule has 0 saturated carbocycles. The van der Waals surface area contributed by atoms with Crippen LogP contribution in [0.5, 0.6) is 5.75 Å². The topological polar surface area (TPSA) is 86.6 Å². The molecule has 0 aromatic heterocycles. The first kappa shape index (κ1) is 15.8. The number of aliphatic carboxylic acids is 1. The number of carbonyl (C=O) groups excluding carboxylic acids is 1. The lowest BCUT2D eigenvalue weighted by atomic mass is 10.1. The van der Waals surface area contributed by atoms with Crippen molar-refractivity contribution in [2.75, 3.05) is 0 Å². The fraction of sp³-hybridized carbons (Fsp3) is 0.333. The van der Waals surface area contributed by atoms with Gasteiger partial charge in [-0.1, -0.05) is 25.1 Å². The van der Waals surface area contributed by atoms with Crippen molar-refractivity contribution < 1.29 is 19.8 Å². The smallest absolute Gasteiger partial charge is 0.326 e. The molecule has 0 fully saturated rings. The van der Waals surface area contributed by atoms with E-state index in [-0.39, 0.29) is 18.1 Å². The highest BCUT2D eigenvalue weighted by atomic mass is 16.4. The van der Waals surface area contributed by atoms with Crippen LogP contribution in [0.15, 0.2) is 35.9 Å². The van der Waals surface area contributed by atoms with Gasteiger partial charge < -0.3 is 15.5 Å². The number of benzene rings is 1. The van der Waals surface area contributed by atoms with E-state index in [1.807, 2.05) is 6.92 Å². The van der Waals surface area contributed by atoms with Crippen molar-refractivity contribution in [3.63, 3.8) is 0 Å². The maximum absolute atomic E-state index is 11.8. The molecule has 1 aromatic rings. The average Bonchev–Trinajstić information content (AvgIpc) is 2.40. The highest BCUT2D eigenvalue weighted by Gasteiger charge is 2.20. The average molecular weight is 277 g/mol. The van der Waals surface area contributed by atoms with E-state index in [0.29, 0.717) is 5.57 Å². The largest absolute Gasteiger partial charge is 0.508 e. The molecular weight excluding hydrogens is 258 g/mol. The summed E-state index contributed by atoms with van der Waals surface area (Å²) in [5.41, 5.74) is 1.23. The highest BCUT2D eigenvalue weighted by Crippen LogP contribution is 2.11. The van der Waals surface area contributed by atoms with Gasteiger partial charge in [-0.2, -0.15) is 0 Å². The van der Waals surface area contributed by atoms with E-state index in [4.69, 9.17) is 5.11 Å². The van der Waals surface area contributed by atoms with Crippen molar-refractivity contribution >= 4 is 11.9 Å². The van der Waals surface area contributed by atoms with Gasteiger partial charge in [0.15, 0.2) is 0 Å². The first-order valence-corrected chi connectivity index (χ1v) is 6.42. The molecule has 0 aliphatic rings. The van der Waals surface area contributed by atoms with Crippen LogP contribution in [-0.4, -0.2) is 28.1 Å². The number of carboxylic acids is 1. The number of carboxylic acid groups (broad SMARTS) is 1. The molecule has 108 valence electrons. The van der Waals surface area contributed by atoms with Gasteiger partial charge >= 0.3 is 5.97 Å². The second-order valence-electron chi connectivity index (χ2n) is 4.53. The lowest BCUT2D eigenvalue weighted by molar-refractivity contribution is -0.141. The Morgan fingerprint density at radius 2 is 1.90 bits per heavy atom. The van der Waals surface area contributed by atoms with Crippen molar-refractivity contribution in [3.8, 4) is 5.75 Å². The molecule has 1 amide bonds. The zero-order chi connectivity index (χ0) is 15.1. The van der Waals surface area contributed by atoms with Gasteiger partial charge in [0.25, 0.3) is 0 Å². The summed E-state index contributed by atoms with van der Waals surface area (Å²) in [6.07, 6.45) is 2.63. The van der Waals surface area contributed by atoms with Gasteiger partial charge in [-0.15, -0.1) is 0 Å². The van der Waals surface area contributed by atoms with E-state index in [1.165, 1.54) is 12.1 Å². The van der Waals surface area contributed by atoms with Crippen molar-refractivity contribution in [1.29, 1.82) is 0 Å². The number of carbonyl (C=O) groups is 2. The molecule has 0 bridgehead atoms. The van der Waals surface area contributed by atoms with Crippen LogP contribution in [0.3, 0.4) is 0 Å². The van der Waals surface area contributed by atoms with Gasteiger partial charge in [0, 0.05) is 12.0 Å². The zero-order valence-corrected chi connectivity index (χ0v) is 11.6. The van der Waals surface area contributed by atoms with Gasteiger partial charge in [-0.3, -0.25) is 4.79 Å². The molecule has 20 heavy (non-hydrogen) atoms. The third kappa shape index (κ3) is 4.76. The van der Waals surface area contributed by atoms with E-state index >= 15 is 0 Å². The van der Waals surface area contributed by atoms with Crippen molar-refractivity contribution in [1.82, 2.24) is 5.32 Å². The Morgan fingerprint density at radius 3 is 2.40 bits per heavy atom. The number of aromatic hydroxyl groups is 1. The fourth-order valence-corrected chi connectivity index (χ4v) is 1.74. The summed E-state index contributed by atoms with van der Waals surface area (Å²) in [6, 6.07) is 5.24. The summed E-state index contributed by atoms with van der Waals surface area (Å²) < 4.78 is 0. The minimum Gasteiger partial charge on any atom is -0.508 e. The molecule has 5 heteroatoms. The van der Waals surface area contributed by atoms with E-state index in [9.17, 15) is 14.7 Å². The third-order valence-corrected chi connectivity index (χ3v) is 2.85.